The van der Waals surface area contributed by atoms with Crippen molar-refractivity contribution in [3.8, 4) is 23.3 Å². The largest absolute Gasteiger partial charge is 0.493 e. The van der Waals surface area contributed by atoms with E-state index in [1.165, 1.54) is 0 Å². The smallest absolute Gasteiger partial charge is 0.247 e. The maximum atomic E-state index is 12.8. The van der Waals surface area contributed by atoms with E-state index in [9.17, 15) is 4.79 Å². The van der Waals surface area contributed by atoms with E-state index in [1.807, 2.05) is 38.1 Å². The average Bonchev–Trinajstić information content (AvgIpc) is 2.77. The van der Waals surface area contributed by atoms with Gasteiger partial charge in [0.2, 0.25) is 11.7 Å². The van der Waals surface area contributed by atoms with Crippen LogP contribution in [0.5, 0.6) is 17.2 Å². The summed E-state index contributed by atoms with van der Waals surface area (Å²) >= 11 is 0. The quantitative estimate of drug-likeness (QED) is 0.696. The molecule has 0 bridgehead atoms. The van der Waals surface area contributed by atoms with Crippen LogP contribution in [0, 0.1) is 11.3 Å². The second kappa shape index (κ2) is 9.16. The second-order valence-corrected chi connectivity index (χ2v) is 6.61. The molecule has 29 heavy (non-hydrogen) atoms. The van der Waals surface area contributed by atoms with Crippen LogP contribution in [0.4, 0.5) is 0 Å². The number of methoxy groups -OCH3 is 1. The van der Waals surface area contributed by atoms with Crippen LogP contribution >= 0.6 is 0 Å². The van der Waals surface area contributed by atoms with E-state index in [0.29, 0.717) is 42.6 Å². The molecule has 1 heterocycles. The number of carbonyl (C=O) groups excluding carboxylic acids is 1. The van der Waals surface area contributed by atoms with E-state index in [4.69, 9.17) is 19.5 Å². The molecule has 150 valence electrons. The molecule has 0 saturated carbocycles. The lowest BCUT2D eigenvalue weighted by Crippen LogP contribution is -2.32. The summed E-state index contributed by atoms with van der Waals surface area (Å²) < 4.78 is 16.6. The summed E-state index contributed by atoms with van der Waals surface area (Å²) in [6, 6.07) is 12.9. The molecular formula is C23H24N2O4. The molecule has 1 aliphatic rings. The van der Waals surface area contributed by atoms with Crippen molar-refractivity contribution in [2.75, 3.05) is 26.9 Å². The number of likely N-dealkylation sites (N-methyl/N-ethyl adjacent to an activating group) is 1. The Balaban J connectivity index is 1.78. The summed E-state index contributed by atoms with van der Waals surface area (Å²) in [5.41, 5.74) is 2.37. The molecule has 2 aromatic rings. The standard InChI is InChI=1S/C23H24N2O4/c1-4-25(16(2)19-8-5-17(15-24)6-9-19)22(26)10-7-18-13-20(27-3)23-21(14-18)28-11-12-29-23/h5-10,13-14,16H,4,11-12H2,1-3H3/b10-7+. The Hall–Kier alpha value is -3.46. The zero-order valence-electron chi connectivity index (χ0n) is 16.8. The molecule has 0 radical (unpaired) electrons. The molecule has 2 aromatic carbocycles. The molecule has 0 spiro atoms. The third-order valence-corrected chi connectivity index (χ3v) is 4.88. The first-order valence-electron chi connectivity index (χ1n) is 9.53. The summed E-state index contributed by atoms with van der Waals surface area (Å²) in [5.74, 6) is 1.68. The number of fused-ring (bicyclic) bond motifs is 1. The zero-order valence-corrected chi connectivity index (χ0v) is 16.8. The summed E-state index contributed by atoms with van der Waals surface area (Å²) in [7, 11) is 1.57. The highest BCUT2D eigenvalue weighted by molar-refractivity contribution is 5.92. The van der Waals surface area contributed by atoms with Crippen molar-refractivity contribution >= 4 is 12.0 Å². The Morgan fingerprint density at radius 1 is 1.28 bits per heavy atom. The number of carbonyl (C=O) groups is 1. The van der Waals surface area contributed by atoms with Crippen molar-refractivity contribution in [1.82, 2.24) is 4.90 Å². The fraction of sp³-hybridized carbons (Fsp3) is 0.304. The van der Waals surface area contributed by atoms with Gasteiger partial charge in [0, 0.05) is 12.6 Å². The molecule has 0 aromatic heterocycles. The lowest BCUT2D eigenvalue weighted by Gasteiger charge is -2.27. The minimum absolute atomic E-state index is 0.0989. The number of nitriles is 1. The molecule has 0 aliphatic carbocycles. The van der Waals surface area contributed by atoms with E-state index >= 15 is 0 Å². The SMILES string of the molecule is CCN(C(=O)/C=C/c1cc(OC)c2c(c1)OCCO2)C(C)c1ccc(C#N)cc1. The monoisotopic (exact) mass is 392 g/mol. The van der Waals surface area contributed by atoms with Crippen molar-refractivity contribution in [3.05, 3.63) is 59.2 Å². The highest BCUT2D eigenvalue weighted by Crippen LogP contribution is 2.40. The van der Waals surface area contributed by atoms with Crippen molar-refractivity contribution < 1.29 is 19.0 Å². The lowest BCUT2D eigenvalue weighted by molar-refractivity contribution is -0.127. The van der Waals surface area contributed by atoms with Gasteiger partial charge in [-0.15, -0.1) is 0 Å². The number of benzene rings is 2. The third-order valence-electron chi connectivity index (χ3n) is 4.88. The molecule has 1 unspecified atom stereocenters. The van der Waals surface area contributed by atoms with E-state index in [1.54, 1.807) is 36.3 Å². The van der Waals surface area contributed by atoms with E-state index in [2.05, 4.69) is 6.07 Å². The second-order valence-electron chi connectivity index (χ2n) is 6.61. The minimum Gasteiger partial charge on any atom is -0.493 e. The summed E-state index contributed by atoms with van der Waals surface area (Å²) in [6.07, 6.45) is 3.30. The first-order valence-corrected chi connectivity index (χ1v) is 9.53. The van der Waals surface area contributed by atoms with Crippen LogP contribution in [-0.2, 0) is 4.79 Å². The van der Waals surface area contributed by atoms with Crippen LogP contribution in [-0.4, -0.2) is 37.7 Å². The van der Waals surface area contributed by atoms with E-state index < -0.39 is 0 Å². The van der Waals surface area contributed by atoms with Gasteiger partial charge in [-0.2, -0.15) is 5.26 Å². The Morgan fingerprint density at radius 2 is 2.00 bits per heavy atom. The summed E-state index contributed by atoms with van der Waals surface area (Å²) in [4.78, 5) is 14.6. The highest BCUT2D eigenvalue weighted by Gasteiger charge is 2.20. The van der Waals surface area contributed by atoms with Crippen molar-refractivity contribution in [1.29, 1.82) is 5.26 Å². The number of amides is 1. The zero-order chi connectivity index (χ0) is 20.8. The molecule has 3 rings (SSSR count). The molecule has 1 atom stereocenters. The molecule has 0 fully saturated rings. The summed E-state index contributed by atoms with van der Waals surface area (Å²) in [5, 5.41) is 8.95. The van der Waals surface area contributed by atoms with Gasteiger partial charge in [0.05, 0.1) is 24.8 Å². The van der Waals surface area contributed by atoms with Gasteiger partial charge in [0.1, 0.15) is 13.2 Å². The molecule has 0 saturated heterocycles. The molecular weight excluding hydrogens is 368 g/mol. The predicted octanol–water partition coefficient (Wildman–Crippen LogP) is 3.96. The third kappa shape index (κ3) is 4.52. The van der Waals surface area contributed by atoms with E-state index in [0.717, 1.165) is 11.1 Å². The van der Waals surface area contributed by atoms with Crippen molar-refractivity contribution in [3.63, 3.8) is 0 Å². The molecule has 6 nitrogen and oxygen atoms in total. The van der Waals surface area contributed by atoms with Gasteiger partial charge in [-0.25, -0.2) is 0 Å². The average molecular weight is 392 g/mol. The van der Waals surface area contributed by atoms with Gasteiger partial charge in [-0.1, -0.05) is 12.1 Å². The first kappa shape index (κ1) is 20.3. The van der Waals surface area contributed by atoms with Gasteiger partial charge in [-0.3, -0.25) is 4.79 Å². The van der Waals surface area contributed by atoms with Crippen LogP contribution in [0.25, 0.3) is 6.08 Å². The fourth-order valence-corrected chi connectivity index (χ4v) is 3.29. The van der Waals surface area contributed by atoms with Crippen LogP contribution in [0.1, 0.15) is 36.6 Å². The van der Waals surface area contributed by atoms with Crippen LogP contribution in [0.15, 0.2) is 42.5 Å². The van der Waals surface area contributed by atoms with Crippen molar-refractivity contribution in [2.45, 2.75) is 19.9 Å². The fourth-order valence-electron chi connectivity index (χ4n) is 3.29. The molecule has 1 amide bonds. The van der Waals surface area contributed by atoms with Gasteiger partial charge >= 0.3 is 0 Å². The maximum absolute atomic E-state index is 12.8. The Labute approximate surface area is 170 Å². The number of hydrogen-bond donors (Lipinski definition) is 0. The highest BCUT2D eigenvalue weighted by atomic mass is 16.6. The Morgan fingerprint density at radius 3 is 2.66 bits per heavy atom. The first-order chi connectivity index (χ1) is 14.1. The normalized spacial score (nSPS) is 13.6. The van der Waals surface area contributed by atoms with E-state index in [-0.39, 0.29) is 11.9 Å². The lowest BCUT2D eigenvalue weighted by atomic mass is 10.0. The topological polar surface area (TPSA) is 71.8 Å². The van der Waals surface area contributed by atoms with Gasteiger partial charge in [-0.05, 0) is 55.3 Å². The molecule has 0 N–H and O–H groups in total. The van der Waals surface area contributed by atoms with Crippen LogP contribution in [0.3, 0.4) is 0 Å². The van der Waals surface area contributed by atoms with Crippen LogP contribution in [0.2, 0.25) is 0 Å². The molecule has 6 heteroatoms. The Kier molecular flexibility index (Phi) is 6.40. The molecule has 1 aliphatic heterocycles. The number of hydrogen-bond acceptors (Lipinski definition) is 5. The minimum atomic E-state index is -0.111. The predicted molar refractivity (Wildman–Crippen MR) is 110 cm³/mol. The van der Waals surface area contributed by atoms with Crippen molar-refractivity contribution in [2.24, 2.45) is 0 Å². The van der Waals surface area contributed by atoms with Crippen LogP contribution < -0.4 is 14.2 Å². The van der Waals surface area contributed by atoms with Gasteiger partial charge < -0.3 is 19.1 Å². The summed E-state index contributed by atoms with van der Waals surface area (Å²) in [6.45, 7) is 5.45. The number of rotatable bonds is 6. The van der Waals surface area contributed by atoms with Gasteiger partial charge in [0.25, 0.3) is 0 Å². The Bertz CT molecular complexity index is 927. The maximum Gasteiger partial charge on any atom is 0.247 e. The number of ether oxygens (including phenoxy) is 3. The van der Waals surface area contributed by atoms with Gasteiger partial charge in [0.15, 0.2) is 11.5 Å². The number of nitrogens with zero attached hydrogens (tertiary/aromatic N) is 2.